The van der Waals surface area contributed by atoms with Crippen LogP contribution in [0.5, 0.6) is 0 Å². The van der Waals surface area contributed by atoms with E-state index < -0.39 is 24.4 Å². The molecule has 0 fully saturated rings. The molecular weight excluding hydrogens is 225 g/mol. The SMILES string of the molecule is NNC(=O)C(F)(F)OCc1ccccc1F. The summed E-state index contributed by atoms with van der Waals surface area (Å²) in [6.45, 7) is -0.729. The number of hydrazine groups is 1. The van der Waals surface area contributed by atoms with E-state index in [0.29, 0.717) is 0 Å². The van der Waals surface area contributed by atoms with Crippen molar-refractivity contribution in [2.75, 3.05) is 0 Å². The minimum atomic E-state index is -4.09. The van der Waals surface area contributed by atoms with Crippen LogP contribution in [0.3, 0.4) is 0 Å². The van der Waals surface area contributed by atoms with Crippen molar-refractivity contribution in [3.63, 3.8) is 0 Å². The molecule has 0 heterocycles. The van der Waals surface area contributed by atoms with Gasteiger partial charge in [-0.3, -0.25) is 10.2 Å². The van der Waals surface area contributed by atoms with Crippen LogP contribution in [-0.2, 0) is 16.1 Å². The summed E-state index contributed by atoms with van der Waals surface area (Å²) in [6, 6.07) is 5.23. The summed E-state index contributed by atoms with van der Waals surface area (Å²) < 4.78 is 42.6. The van der Waals surface area contributed by atoms with Gasteiger partial charge in [0.05, 0.1) is 6.61 Å². The van der Waals surface area contributed by atoms with Crippen LogP contribution in [0.2, 0.25) is 0 Å². The lowest BCUT2D eigenvalue weighted by Crippen LogP contribution is -2.45. The fourth-order valence-corrected chi connectivity index (χ4v) is 0.933. The monoisotopic (exact) mass is 234 g/mol. The van der Waals surface area contributed by atoms with Crippen LogP contribution in [0, 0.1) is 5.82 Å². The third-order valence-electron chi connectivity index (χ3n) is 1.76. The van der Waals surface area contributed by atoms with Gasteiger partial charge in [-0.15, -0.1) is 0 Å². The minimum absolute atomic E-state index is 0.0769. The highest BCUT2D eigenvalue weighted by Gasteiger charge is 2.40. The number of ether oxygens (including phenoxy) is 1. The number of nitrogens with one attached hydrogen (secondary N) is 1. The molecule has 0 radical (unpaired) electrons. The molecule has 3 N–H and O–H groups in total. The fraction of sp³-hybridized carbons (Fsp3) is 0.222. The summed E-state index contributed by atoms with van der Waals surface area (Å²) in [7, 11) is 0. The molecule has 0 aliphatic rings. The number of benzene rings is 1. The van der Waals surface area contributed by atoms with Crippen molar-refractivity contribution in [3.8, 4) is 0 Å². The number of hydrogen-bond donors (Lipinski definition) is 2. The summed E-state index contributed by atoms with van der Waals surface area (Å²) in [5.41, 5.74) is 1.17. The molecule has 0 saturated heterocycles. The molecular formula is C9H9F3N2O2. The fourth-order valence-electron chi connectivity index (χ4n) is 0.933. The molecule has 1 aromatic rings. The summed E-state index contributed by atoms with van der Waals surface area (Å²) >= 11 is 0. The van der Waals surface area contributed by atoms with Crippen LogP contribution < -0.4 is 11.3 Å². The van der Waals surface area contributed by atoms with Crippen LogP contribution in [0.15, 0.2) is 24.3 Å². The quantitative estimate of drug-likeness (QED) is 0.462. The Morgan fingerprint density at radius 2 is 2.06 bits per heavy atom. The third kappa shape index (κ3) is 2.94. The van der Waals surface area contributed by atoms with Gasteiger partial charge in [-0.1, -0.05) is 18.2 Å². The molecule has 0 aliphatic carbocycles. The number of carbonyl (C=O) groups excluding carboxylic acids is 1. The molecule has 0 aliphatic heterocycles. The smallest absolute Gasteiger partial charge is 0.308 e. The summed E-state index contributed by atoms with van der Waals surface area (Å²) in [6.07, 6.45) is -4.09. The molecule has 0 saturated carbocycles. The Hall–Kier alpha value is -1.60. The maximum Gasteiger partial charge on any atom is 0.438 e. The molecule has 0 spiro atoms. The Labute approximate surface area is 89.2 Å². The largest absolute Gasteiger partial charge is 0.438 e. The first-order valence-corrected chi connectivity index (χ1v) is 4.23. The van der Waals surface area contributed by atoms with Crippen LogP contribution in [0.1, 0.15) is 5.56 Å². The molecule has 1 rings (SSSR count). The second-order valence-corrected chi connectivity index (χ2v) is 2.87. The van der Waals surface area contributed by atoms with Crippen LogP contribution in [0.25, 0.3) is 0 Å². The van der Waals surface area contributed by atoms with E-state index in [-0.39, 0.29) is 5.56 Å². The average molecular weight is 234 g/mol. The molecule has 0 bridgehead atoms. The lowest BCUT2D eigenvalue weighted by Gasteiger charge is -2.14. The molecule has 0 unspecified atom stereocenters. The van der Waals surface area contributed by atoms with Crippen molar-refractivity contribution in [2.24, 2.45) is 5.84 Å². The zero-order valence-electron chi connectivity index (χ0n) is 8.04. The standard InChI is InChI=1S/C9H9F3N2O2/c10-7-4-2-1-3-6(7)5-16-9(11,12)8(15)14-13/h1-4H,5,13H2,(H,14,15). The van der Waals surface area contributed by atoms with E-state index in [4.69, 9.17) is 0 Å². The van der Waals surface area contributed by atoms with Crippen LogP contribution in [-0.4, -0.2) is 12.0 Å². The number of halogens is 3. The highest BCUT2D eigenvalue weighted by Crippen LogP contribution is 2.18. The van der Waals surface area contributed by atoms with Gasteiger partial charge >= 0.3 is 12.0 Å². The minimum Gasteiger partial charge on any atom is -0.308 e. The maximum atomic E-state index is 13.0. The highest BCUT2D eigenvalue weighted by molar-refractivity contribution is 5.81. The number of rotatable bonds is 4. The Morgan fingerprint density at radius 1 is 1.44 bits per heavy atom. The predicted octanol–water partition coefficient (Wildman–Crippen LogP) is 0.925. The number of carbonyl (C=O) groups is 1. The number of amides is 1. The van der Waals surface area contributed by atoms with E-state index >= 15 is 0 Å². The lowest BCUT2D eigenvalue weighted by molar-refractivity contribution is -0.236. The van der Waals surface area contributed by atoms with E-state index in [2.05, 4.69) is 10.6 Å². The Balaban J connectivity index is 2.65. The molecule has 16 heavy (non-hydrogen) atoms. The number of alkyl halides is 2. The molecule has 88 valence electrons. The van der Waals surface area contributed by atoms with Crippen molar-refractivity contribution < 1.29 is 22.7 Å². The first kappa shape index (κ1) is 12.5. The van der Waals surface area contributed by atoms with Gasteiger partial charge < -0.3 is 4.74 Å². The van der Waals surface area contributed by atoms with Crippen molar-refractivity contribution in [2.45, 2.75) is 12.7 Å². The van der Waals surface area contributed by atoms with Gasteiger partial charge in [0.1, 0.15) is 5.82 Å². The van der Waals surface area contributed by atoms with Crippen molar-refractivity contribution in [3.05, 3.63) is 35.6 Å². The Bertz CT molecular complexity index is 385. The van der Waals surface area contributed by atoms with Gasteiger partial charge in [0.15, 0.2) is 0 Å². The number of hydrogen-bond acceptors (Lipinski definition) is 3. The zero-order valence-corrected chi connectivity index (χ0v) is 8.04. The average Bonchev–Trinajstić information content (AvgIpc) is 2.27. The van der Waals surface area contributed by atoms with Gasteiger partial charge in [0.2, 0.25) is 0 Å². The highest BCUT2D eigenvalue weighted by atomic mass is 19.3. The van der Waals surface area contributed by atoms with E-state index in [1.807, 2.05) is 0 Å². The molecule has 7 heteroatoms. The molecule has 4 nitrogen and oxygen atoms in total. The van der Waals surface area contributed by atoms with Crippen molar-refractivity contribution in [1.29, 1.82) is 0 Å². The van der Waals surface area contributed by atoms with Crippen LogP contribution in [0.4, 0.5) is 13.2 Å². The lowest BCUT2D eigenvalue weighted by atomic mass is 10.2. The first-order valence-electron chi connectivity index (χ1n) is 4.23. The van der Waals surface area contributed by atoms with E-state index in [1.165, 1.54) is 23.6 Å². The molecule has 1 amide bonds. The Morgan fingerprint density at radius 3 is 2.62 bits per heavy atom. The molecule has 0 aromatic heterocycles. The first-order chi connectivity index (χ1) is 7.47. The summed E-state index contributed by atoms with van der Waals surface area (Å²) in [5.74, 6) is 2.05. The molecule has 0 atom stereocenters. The second kappa shape index (κ2) is 4.95. The van der Waals surface area contributed by atoms with Gasteiger partial charge in [0.25, 0.3) is 0 Å². The van der Waals surface area contributed by atoms with Gasteiger partial charge in [-0.25, -0.2) is 10.2 Å². The van der Waals surface area contributed by atoms with Gasteiger partial charge in [-0.05, 0) is 6.07 Å². The van der Waals surface area contributed by atoms with Gasteiger partial charge in [0, 0.05) is 5.56 Å². The predicted molar refractivity (Wildman–Crippen MR) is 48.5 cm³/mol. The maximum absolute atomic E-state index is 13.0. The second-order valence-electron chi connectivity index (χ2n) is 2.87. The van der Waals surface area contributed by atoms with E-state index in [0.717, 1.165) is 6.07 Å². The van der Waals surface area contributed by atoms with Crippen LogP contribution >= 0.6 is 0 Å². The molecule has 1 aromatic carbocycles. The van der Waals surface area contributed by atoms with Crippen molar-refractivity contribution >= 4 is 5.91 Å². The van der Waals surface area contributed by atoms with Crippen molar-refractivity contribution in [1.82, 2.24) is 5.43 Å². The zero-order chi connectivity index (χ0) is 12.2. The summed E-state index contributed by atoms with van der Waals surface area (Å²) in [4.78, 5) is 10.5. The Kier molecular flexibility index (Phi) is 3.86. The van der Waals surface area contributed by atoms with E-state index in [9.17, 15) is 18.0 Å². The third-order valence-corrected chi connectivity index (χ3v) is 1.76. The normalized spacial score (nSPS) is 11.2. The topological polar surface area (TPSA) is 64.3 Å². The number of nitrogens with two attached hydrogens (primary N) is 1. The van der Waals surface area contributed by atoms with Gasteiger partial charge in [-0.2, -0.15) is 8.78 Å². The summed E-state index contributed by atoms with van der Waals surface area (Å²) in [5, 5.41) is 0. The van der Waals surface area contributed by atoms with E-state index in [1.54, 1.807) is 0 Å².